The van der Waals surface area contributed by atoms with Crippen LogP contribution in [0.15, 0.2) is 53.5 Å². The van der Waals surface area contributed by atoms with Gasteiger partial charge < -0.3 is 26.6 Å². The van der Waals surface area contributed by atoms with Gasteiger partial charge in [-0.3, -0.25) is 9.59 Å². The molecule has 1 unspecified atom stereocenters. The summed E-state index contributed by atoms with van der Waals surface area (Å²) in [6.07, 6.45) is 7.05. The van der Waals surface area contributed by atoms with Gasteiger partial charge in [0.25, 0.3) is 5.91 Å². The van der Waals surface area contributed by atoms with E-state index in [1.165, 1.54) is 38.8 Å². The number of nitrogens with one attached hydrogen (secondary N) is 1. The van der Waals surface area contributed by atoms with Crippen LogP contribution >= 0.6 is 0 Å². The third-order valence-corrected chi connectivity index (χ3v) is 6.34. The van der Waals surface area contributed by atoms with Gasteiger partial charge in [-0.25, -0.2) is 4.99 Å². The minimum absolute atomic E-state index is 0.177. The number of nitrogens with two attached hydrogens (primary N) is 2. The van der Waals surface area contributed by atoms with Crippen LogP contribution in [0.5, 0.6) is 5.75 Å². The summed E-state index contributed by atoms with van der Waals surface area (Å²) in [5.74, 6) is 0.466. The number of para-hydroxylation sites is 1. The van der Waals surface area contributed by atoms with Gasteiger partial charge in [0, 0.05) is 12.0 Å². The SMILES string of the molecule is NC(=O)C1=Nc2ccccc2C1N.O=C(O)CCc1ccc(OCCCCC2CCNCC2)cc1. The number of carboxylic acid groups (broad SMARTS) is 1. The van der Waals surface area contributed by atoms with E-state index in [9.17, 15) is 9.59 Å². The first-order valence-corrected chi connectivity index (χ1v) is 12.3. The molecule has 0 spiro atoms. The van der Waals surface area contributed by atoms with Crippen molar-refractivity contribution in [1.82, 2.24) is 5.32 Å². The quantitative estimate of drug-likeness (QED) is 0.384. The number of aryl methyl sites for hydroxylation is 1. The molecule has 35 heavy (non-hydrogen) atoms. The zero-order valence-corrected chi connectivity index (χ0v) is 20.1. The van der Waals surface area contributed by atoms with Crippen LogP contribution in [-0.2, 0) is 16.0 Å². The Morgan fingerprint density at radius 1 is 1.06 bits per heavy atom. The Kier molecular flexibility index (Phi) is 10.3. The number of ether oxygens (including phenoxy) is 1. The molecule has 8 heteroatoms. The zero-order chi connectivity index (χ0) is 25.0. The molecule has 188 valence electrons. The highest BCUT2D eigenvalue weighted by Gasteiger charge is 2.26. The maximum absolute atomic E-state index is 10.9. The molecule has 2 aromatic rings. The van der Waals surface area contributed by atoms with E-state index in [4.69, 9.17) is 21.3 Å². The summed E-state index contributed by atoms with van der Waals surface area (Å²) in [7, 11) is 0. The summed E-state index contributed by atoms with van der Waals surface area (Å²) in [5.41, 5.74) is 13.8. The number of unbranched alkanes of at least 4 members (excludes halogenated alkanes) is 1. The molecule has 0 saturated carbocycles. The predicted octanol–water partition coefficient (Wildman–Crippen LogP) is 3.51. The van der Waals surface area contributed by atoms with Crippen molar-refractivity contribution in [3.05, 3.63) is 59.7 Å². The number of hydrogen-bond acceptors (Lipinski definition) is 6. The third-order valence-electron chi connectivity index (χ3n) is 6.34. The maximum atomic E-state index is 10.9. The van der Waals surface area contributed by atoms with Crippen molar-refractivity contribution in [3.8, 4) is 5.75 Å². The van der Waals surface area contributed by atoms with Gasteiger partial charge in [0.2, 0.25) is 0 Å². The average Bonchev–Trinajstić information content (AvgIpc) is 3.21. The predicted molar refractivity (Wildman–Crippen MR) is 137 cm³/mol. The Labute approximate surface area is 206 Å². The van der Waals surface area contributed by atoms with Crippen LogP contribution in [0.3, 0.4) is 0 Å². The minimum atomic E-state index is -0.755. The largest absolute Gasteiger partial charge is 0.494 e. The highest BCUT2D eigenvalue weighted by Crippen LogP contribution is 2.31. The second-order valence-corrected chi connectivity index (χ2v) is 8.97. The van der Waals surface area contributed by atoms with Gasteiger partial charge in [0.05, 0.1) is 18.3 Å². The van der Waals surface area contributed by atoms with Crippen LogP contribution in [0.2, 0.25) is 0 Å². The number of carbonyl (C=O) groups excluding carboxylic acids is 1. The van der Waals surface area contributed by atoms with Crippen LogP contribution in [0.25, 0.3) is 0 Å². The number of benzene rings is 2. The van der Waals surface area contributed by atoms with Gasteiger partial charge in [-0.05, 0) is 74.9 Å². The lowest BCUT2D eigenvalue weighted by Gasteiger charge is -2.22. The van der Waals surface area contributed by atoms with Crippen molar-refractivity contribution in [2.75, 3.05) is 19.7 Å². The lowest BCUT2D eigenvalue weighted by molar-refractivity contribution is -0.137. The van der Waals surface area contributed by atoms with Crippen LogP contribution < -0.4 is 21.5 Å². The molecule has 2 aromatic carbocycles. The smallest absolute Gasteiger partial charge is 0.303 e. The standard InChI is InChI=1S/C18H27NO3.C9H9N3O/c20-18(21)9-6-16-4-7-17(8-5-16)22-14-2-1-3-15-10-12-19-13-11-15;10-7-5-3-1-2-4-6(5)12-8(7)9(11)13/h4-5,7-8,15,19H,1-3,6,9-14H2,(H,20,21);1-4,7H,10H2,(H2,11,13). The van der Waals surface area contributed by atoms with E-state index < -0.39 is 17.9 Å². The summed E-state index contributed by atoms with van der Waals surface area (Å²) in [5, 5.41) is 12.1. The number of nitrogens with zero attached hydrogens (tertiary/aromatic N) is 1. The molecular weight excluding hydrogens is 444 g/mol. The molecular formula is C27H36N4O4. The highest BCUT2D eigenvalue weighted by atomic mass is 16.5. The van der Waals surface area contributed by atoms with Crippen molar-refractivity contribution in [2.24, 2.45) is 22.4 Å². The molecule has 1 fully saturated rings. The van der Waals surface area contributed by atoms with Crippen molar-refractivity contribution >= 4 is 23.3 Å². The van der Waals surface area contributed by atoms with Crippen molar-refractivity contribution < 1.29 is 19.4 Å². The zero-order valence-electron chi connectivity index (χ0n) is 20.1. The van der Waals surface area contributed by atoms with Crippen molar-refractivity contribution in [1.29, 1.82) is 0 Å². The molecule has 8 nitrogen and oxygen atoms in total. The third kappa shape index (κ3) is 8.49. The monoisotopic (exact) mass is 480 g/mol. The number of primary amides is 1. The van der Waals surface area contributed by atoms with Gasteiger partial charge in [0.15, 0.2) is 0 Å². The highest BCUT2D eigenvalue weighted by molar-refractivity contribution is 6.41. The number of aliphatic carboxylic acids is 1. The number of rotatable bonds is 10. The molecule has 6 N–H and O–H groups in total. The molecule has 2 aliphatic heterocycles. The van der Waals surface area contributed by atoms with Crippen LogP contribution in [0.4, 0.5) is 5.69 Å². The first kappa shape index (κ1) is 26.4. The second-order valence-electron chi connectivity index (χ2n) is 8.97. The van der Waals surface area contributed by atoms with Crippen molar-refractivity contribution in [3.63, 3.8) is 0 Å². The Morgan fingerprint density at radius 3 is 2.43 bits per heavy atom. The van der Waals surface area contributed by atoms with Gasteiger partial charge in [-0.1, -0.05) is 36.8 Å². The topological polar surface area (TPSA) is 140 Å². The van der Waals surface area contributed by atoms with Crippen LogP contribution in [0.1, 0.15) is 55.7 Å². The van der Waals surface area contributed by atoms with E-state index in [1.807, 2.05) is 48.5 Å². The summed E-state index contributed by atoms with van der Waals surface area (Å²) in [6.45, 7) is 3.12. The number of carboxylic acids is 1. The Balaban J connectivity index is 0.000000223. The average molecular weight is 481 g/mol. The van der Waals surface area contributed by atoms with Gasteiger partial charge in [-0.15, -0.1) is 0 Å². The maximum Gasteiger partial charge on any atom is 0.303 e. The number of hydrogen-bond donors (Lipinski definition) is 4. The number of carbonyl (C=O) groups is 2. The van der Waals surface area contributed by atoms with E-state index in [0.717, 1.165) is 41.5 Å². The van der Waals surface area contributed by atoms with Crippen molar-refractivity contribution in [2.45, 2.75) is 51.0 Å². The molecule has 4 rings (SSSR count). The fraction of sp³-hybridized carbons (Fsp3) is 0.444. The normalized spacial score (nSPS) is 17.1. The molecule has 2 heterocycles. The van der Waals surface area contributed by atoms with E-state index in [-0.39, 0.29) is 12.1 Å². The molecule has 0 bridgehead atoms. The molecule has 0 radical (unpaired) electrons. The van der Waals surface area contributed by atoms with Crippen LogP contribution in [-0.4, -0.2) is 42.4 Å². The van der Waals surface area contributed by atoms with Gasteiger partial charge in [-0.2, -0.15) is 0 Å². The Morgan fingerprint density at radius 2 is 1.77 bits per heavy atom. The lowest BCUT2D eigenvalue weighted by atomic mass is 9.93. The lowest BCUT2D eigenvalue weighted by Crippen LogP contribution is -2.31. The number of fused-ring (bicyclic) bond motifs is 1. The first-order chi connectivity index (χ1) is 16.9. The molecule has 0 aromatic heterocycles. The van der Waals surface area contributed by atoms with E-state index >= 15 is 0 Å². The van der Waals surface area contributed by atoms with Crippen LogP contribution in [0, 0.1) is 5.92 Å². The first-order valence-electron chi connectivity index (χ1n) is 12.3. The summed E-state index contributed by atoms with van der Waals surface area (Å²) < 4.78 is 5.75. The fourth-order valence-corrected chi connectivity index (χ4v) is 4.31. The summed E-state index contributed by atoms with van der Waals surface area (Å²) in [4.78, 5) is 25.5. The number of piperidine rings is 1. The summed E-state index contributed by atoms with van der Waals surface area (Å²) in [6, 6.07) is 14.7. The second kappa shape index (κ2) is 13.6. The summed E-state index contributed by atoms with van der Waals surface area (Å²) >= 11 is 0. The molecule has 1 amide bonds. The Bertz CT molecular complexity index is 1000. The number of amides is 1. The molecule has 1 saturated heterocycles. The number of aliphatic imine (C=N–C) groups is 1. The fourth-order valence-electron chi connectivity index (χ4n) is 4.31. The van der Waals surface area contributed by atoms with Gasteiger partial charge >= 0.3 is 5.97 Å². The van der Waals surface area contributed by atoms with E-state index in [2.05, 4.69) is 10.3 Å². The van der Waals surface area contributed by atoms with E-state index in [1.54, 1.807) is 0 Å². The molecule has 2 aliphatic rings. The van der Waals surface area contributed by atoms with E-state index in [0.29, 0.717) is 6.42 Å². The minimum Gasteiger partial charge on any atom is -0.494 e. The Hall–Kier alpha value is -3.23. The molecule has 1 atom stereocenters. The van der Waals surface area contributed by atoms with Gasteiger partial charge in [0.1, 0.15) is 11.5 Å². The molecule has 0 aliphatic carbocycles.